The third kappa shape index (κ3) is 5.95. The van der Waals surface area contributed by atoms with Crippen LogP contribution < -0.4 is 5.32 Å². The second-order valence-electron chi connectivity index (χ2n) is 13.5. The van der Waals surface area contributed by atoms with Crippen LogP contribution >= 0.6 is 0 Å². The number of para-hydroxylation sites is 1. The first-order valence-corrected chi connectivity index (χ1v) is 16.6. The maximum absolute atomic E-state index is 14.7. The second kappa shape index (κ2) is 13.0. The molecular weight excluding hydrogens is 542 g/mol. The molecule has 3 atom stereocenters. The smallest absolute Gasteiger partial charge is 0.228 e. The van der Waals surface area contributed by atoms with Crippen molar-refractivity contribution < 1.29 is 19.1 Å². The highest BCUT2D eigenvalue weighted by molar-refractivity contribution is 5.93. The summed E-state index contributed by atoms with van der Waals surface area (Å²) in [5.41, 5.74) is 2.65. The normalized spacial score (nSPS) is 26.2. The van der Waals surface area contributed by atoms with Crippen LogP contribution in [0.4, 0.5) is 0 Å². The number of carbonyl (C=O) groups excluding carboxylic acids is 3. The zero-order valence-electron chi connectivity index (χ0n) is 26.0. The van der Waals surface area contributed by atoms with E-state index >= 15 is 0 Å². The Morgan fingerprint density at radius 3 is 2.65 bits per heavy atom. The summed E-state index contributed by atoms with van der Waals surface area (Å²) in [4.78, 5) is 52.1. The van der Waals surface area contributed by atoms with E-state index in [2.05, 4.69) is 38.3 Å². The number of fused-ring (bicyclic) bond motifs is 5. The Labute approximate surface area is 255 Å². The van der Waals surface area contributed by atoms with Crippen LogP contribution in [0.25, 0.3) is 10.9 Å². The van der Waals surface area contributed by atoms with Crippen LogP contribution in [0.15, 0.2) is 24.3 Å². The van der Waals surface area contributed by atoms with Gasteiger partial charge in [0.2, 0.25) is 17.7 Å². The third-order valence-corrected chi connectivity index (χ3v) is 10.6. The van der Waals surface area contributed by atoms with Gasteiger partial charge in [-0.25, -0.2) is 0 Å². The number of carbonyl (C=O) groups is 3. The van der Waals surface area contributed by atoms with Gasteiger partial charge < -0.3 is 29.7 Å². The van der Waals surface area contributed by atoms with Gasteiger partial charge in [-0.2, -0.15) is 0 Å². The summed E-state index contributed by atoms with van der Waals surface area (Å²) in [7, 11) is 4.04. The fourth-order valence-corrected chi connectivity index (χ4v) is 8.41. The van der Waals surface area contributed by atoms with Gasteiger partial charge in [0.1, 0.15) is 0 Å². The molecule has 43 heavy (non-hydrogen) atoms. The number of hydrogen-bond acceptors (Lipinski definition) is 5. The minimum absolute atomic E-state index is 0.0326. The van der Waals surface area contributed by atoms with E-state index < -0.39 is 17.4 Å². The first kappa shape index (κ1) is 30.1. The van der Waals surface area contributed by atoms with Crippen molar-refractivity contribution >= 4 is 28.6 Å². The van der Waals surface area contributed by atoms with E-state index in [1.807, 2.05) is 25.1 Å². The number of morpholine rings is 1. The number of piperidine rings is 1. The second-order valence-corrected chi connectivity index (χ2v) is 13.5. The van der Waals surface area contributed by atoms with Gasteiger partial charge in [-0.3, -0.25) is 14.4 Å². The molecule has 9 nitrogen and oxygen atoms in total. The van der Waals surface area contributed by atoms with Crippen LogP contribution in [0.3, 0.4) is 0 Å². The molecule has 6 rings (SSSR count). The Kier molecular flexibility index (Phi) is 9.10. The number of benzene rings is 1. The molecule has 1 aromatic carbocycles. The van der Waals surface area contributed by atoms with Crippen LogP contribution in [0.2, 0.25) is 0 Å². The van der Waals surface area contributed by atoms with E-state index in [9.17, 15) is 14.4 Å². The summed E-state index contributed by atoms with van der Waals surface area (Å²) in [6, 6.07) is 8.39. The van der Waals surface area contributed by atoms with Gasteiger partial charge >= 0.3 is 0 Å². The van der Waals surface area contributed by atoms with Crippen molar-refractivity contribution in [1.82, 2.24) is 25.0 Å². The van der Waals surface area contributed by atoms with Gasteiger partial charge in [-0.05, 0) is 70.3 Å². The summed E-state index contributed by atoms with van der Waals surface area (Å²) >= 11 is 0. The molecule has 3 amide bonds. The highest BCUT2D eigenvalue weighted by Crippen LogP contribution is 2.53. The molecule has 0 bridgehead atoms. The number of rotatable bonds is 10. The van der Waals surface area contributed by atoms with Crippen molar-refractivity contribution in [2.24, 2.45) is 17.8 Å². The van der Waals surface area contributed by atoms with Gasteiger partial charge in [0.25, 0.3) is 0 Å². The Balaban J connectivity index is 1.37. The van der Waals surface area contributed by atoms with Crippen molar-refractivity contribution in [3.8, 4) is 0 Å². The van der Waals surface area contributed by atoms with Gasteiger partial charge in [-0.1, -0.05) is 43.9 Å². The van der Waals surface area contributed by atoms with Gasteiger partial charge in [0.15, 0.2) is 0 Å². The molecule has 3 fully saturated rings. The highest BCUT2D eigenvalue weighted by Gasteiger charge is 2.59. The summed E-state index contributed by atoms with van der Waals surface area (Å²) in [5.74, 6) is -0.250. The van der Waals surface area contributed by atoms with E-state index in [-0.39, 0.29) is 24.1 Å². The summed E-state index contributed by atoms with van der Waals surface area (Å²) in [6.45, 7) is 4.26. The van der Waals surface area contributed by atoms with Crippen LogP contribution in [0.1, 0.15) is 69.0 Å². The topological polar surface area (TPSA) is 98.0 Å². The molecule has 4 heterocycles. The Bertz CT molecular complexity index is 1310. The first-order valence-electron chi connectivity index (χ1n) is 16.6. The maximum atomic E-state index is 14.7. The number of H-pyrrole nitrogens is 1. The number of aromatic nitrogens is 1. The first-order chi connectivity index (χ1) is 20.9. The Morgan fingerprint density at radius 2 is 1.88 bits per heavy atom. The van der Waals surface area contributed by atoms with E-state index in [1.165, 1.54) is 36.6 Å². The molecule has 1 unspecified atom stereocenters. The number of amides is 3. The number of aromatic amines is 1. The molecule has 0 spiro atoms. The predicted octanol–water partition coefficient (Wildman–Crippen LogP) is 3.67. The number of hydrogen-bond donors (Lipinski definition) is 2. The molecule has 2 saturated heterocycles. The summed E-state index contributed by atoms with van der Waals surface area (Å²) in [5, 5.41) is 4.23. The fourth-order valence-electron chi connectivity index (χ4n) is 8.41. The summed E-state index contributed by atoms with van der Waals surface area (Å²) in [6.07, 6.45) is 8.88. The molecule has 1 aromatic heterocycles. The van der Waals surface area contributed by atoms with Gasteiger partial charge in [-0.15, -0.1) is 0 Å². The molecule has 2 N–H and O–H groups in total. The number of nitrogens with zero attached hydrogens (tertiary/aromatic N) is 3. The van der Waals surface area contributed by atoms with E-state index in [0.29, 0.717) is 51.7 Å². The third-order valence-electron chi connectivity index (χ3n) is 10.6. The zero-order chi connectivity index (χ0) is 30.0. The summed E-state index contributed by atoms with van der Waals surface area (Å²) < 4.78 is 5.61. The predicted molar refractivity (Wildman–Crippen MR) is 166 cm³/mol. The van der Waals surface area contributed by atoms with Crippen molar-refractivity contribution in [2.45, 2.75) is 69.7 Å². The minimum Gasteiger partial charge on any atom is -0.378 e. The standard InChI is InChI=1S/C34H49N5O4/c1-37(2)16-7-15-35-30(40)23-25-22-28(33(42)38-18-20-43-21-19-38)34(14-12-24-8-3-4-9-24)31-27(13-17-39(34)32(25)41)26-10-5-6-11-29(26)36-31/h5-6,10-11,24-25,28,36H,3-4,7-9,12-23H2,1-2H3,(H,35,40)/t25?,28-,34+/m1/s1. The molecule has 2 aromatic rings. The quantitative estimate of drug-likeness (QED) is 0.411. The van der Waals surface area contributed by atoms with Crippen molar-refractivity contribution in [2.75, 3.05) is 60.0 Å². The van der Waals surface area contributed by atoms with E-state index in [4.69, 9.17) is 4.74 Å². The van der Waals surface area contributed by atoms with Gasteiger partial charge in [0.05, 0.1) is 24.7 Å². The van der Waals surface area contributed by atoms with Crippen LogP contribution in [0, 0.1) is 17.8 Å². The average molecular weight is 592 g/mol. The Morgan fingerprint density at radius 1 is 1.12 bits per heavy atom. The molecule has 1 saturated carbocycles. The highest BCUT2D eigenvalue weighted by atomic mass is 16.5. The molecule has 1 aliphatic carbocycles. The molecular formula is C34H49N5O4. The Hall–Kier alpha value is -2.91. The lowest BCUT2D eigenvalue weighted by molar-refractivity contribution is -0.169. The number of nitrogens with one attached hydrogen (secondary N) is 2. The van der Waals surface area contributed by atoms with Crippen molar-refractivity contribution in [3.05, 3.63) is 35.5 Å². The zero-order valence-corrected chi connectivity index (χ0v) is 26.0. The molecule has 3 aliphatic heterocycles. The minimum atomic E-state index is -0.736. The van der Waals surface area contributed by atoms with E-state index in [0.717, 1.165) is 43.4 Å². The molecule has 0 radical (unpaired) electrons. The van der Waals surface area contributed by atoms with Crippen LogP contribution in [0.5, 0.6) is 0 Å². The van der Waals surface area contributed by atoms with Gasteiger partial charge in [0, 0.05) is 55.1 Å². The van der Waals surface area contributed by atoms with Crippen LogP contribution in [-0.4, -0.2) is 97.4 Å². The molecule has 4 aliphatic rings. The molecule has 9 heteroatoms. The van der Waals surface area contributed by atoms with Crippen molar-refractivity contribution in [1.29, 1.82) is 0 Å². The monoisotopic (exact) mass is 591 g/mol. The molecule has 234 valence electrons. The average Bonchev–Trinajstić information content (AvgIpc) is 3.68. The lowest BCUT2D eigenvalue weighted by Crippen LogP contribution is -2.66. The lowest BCUT2D eigenvalue weighted by atomic mass is 9.64. The SMILES string of the molecule is CN(C)CCCNC(=O)CC1C[C@H](C(=O)N2CCOCC2)[C@@]2(CCC3CCCC3)c3[nH]c4ccccc4c3CCN2C1=O. The largest absolute Gasteiger partial charge is 0.378 e. The fraction of sp³-hybridized carbons (Fsp3) is 0.676. The maximum Gasteiger partial charge on any atom is 0.228 e. The van der Waals surface area contributed by atoms with E-state index in [1.54, 1.807) is 0 Å². The lowest BCUT2D eigenvalue weighted by Gasteiger charge is -2.56. The number of ether oxygens (including phenoxy) is 1. The van der Waals surface area contributed by atoms with Crippen LogP contribution in [-0.2, 0) is 31.1 Å². The van der Waals surface area contributed by atoms with Crippen molar-refractivity contribution in [3.63, 3.8) is 0 Å².